The Morgan fingerprint density at radius 1 is 1.21 bits per heavy atom. The molecule has 0 fully saturated rings. The summed E-state index contributed by atoms with van der Waals surface area (Å²) in [6.07, 6.45) is 0. The first-order chi connectivity index (χ1) is 11.5. The number of nitrogens with one attached hydrogen (secondary N) is 1. The number of nitrogens with zero attached hydrogens (tertiary/aromatic N) is 2. The maximum absolute atomic E-state index is 12.5. The average molecular weight is 323 g/mol. The summed E-state index contributed by atoms with van der Waals surface area (Å²) in [6, 6.07) is 13.2. The smallest absolute Gasteiger partial charge is 0.251 e. The number of fused-ring (bicyclic) bond motifs is 1. The topological polar surface area (TPSA) is 56.1 Å². The van der Waals surface area contributed by atoms with E-state index < -0.39 is 0 Å². The van der Waals surface area contributed by atoms with Crippen LogP contribution in [-0.2, 0) is 7.05 Å². The number of carbonyl (C=O) groups is 1. The minimum absolute atomic E-state index is 0.0930. The van der Waals surface area contributed by atoms with Gasteiger partial charge in [-0.05, 0) is 49.7 Å². The van der Waals surface area contributed by atoms with Crippen LogP contribution < -0.4 is 10.1 Å². The summed E-state index contributed by atoms with van der Waals surface area (Å²) in [5, 5.41) is 3.02. The zero-order chi connectivity index (χ0) is 17.3. The fraction of sp³-hybridized carbons (Fsp3) is 0.263. The summed E-state index contributed by atoms with van der Waals surface area (Å²) in [5.41, 5.74) is 3.49. The minimum Gasteiger partial charge on any atom is -0.497 e. The lowest BCUT2D eigenvalue weighted by atomic mass is 10.1. The molecular formula is C19H21N3O2. The van der Waals surface area contributed by atoms with E-state index in [0.29, 0.717) is 5.56 Å². The number of hydrogen-bond acceptors (Lipinski definition) is 3. The molecule has 1 N–H and O–H groups in total. The van der Waals surface area contributed by atoms with Gasteiger partial charge in [0.15, 0.2) is 0 Å². The molecule has 5 nitrogen and oxygen atoms in total. The molecule has 0 aliphatic rings. The first-order valence-corrected chi connectivity index (χ1v) is 7.87. The van der Waals surface area contributed by atoms with Crippen molar-refractivity contribution in [2.24, 2.45) is 7.05 Å². The molecule has 3 aromatic rings. The number of benzene rings is 2. The molecule has 0 aliphatic carbocycles. The molecule has 1 amide bonds. The van der Waals surface area contributed by atoms with Crippen molar-refractivity contribution in [3.8, 4) is 5.75 Å². The van der Waals surface area contributed by atoms with Crippen molar-refractivity contribution in [1.82, 2.24) is 14.9 Å². The van der Waals surface area contributed by atoms with Gasteiger partial charge in [-0.25, -0.2) is 4.98 Å². The quantitative estimate of drug-likeness (QED) is 0.801. The van der Waals surface area contributed by atoms with Crippen molar-refractivity contribution in [1.29, 1.82) is 0 Å². The van der Waals surface area contributed by atoms with E-state index in [1.807, 2.05) is 67.9 Å². The molecule has 0 aliphatic heterocycles. The molecule has 2 aromatic carbocycles. The number of carbonyl (C=O) groups excluding carboxylic acids is 1. The second-order valence-electron chi connectivity index (χ2n) is 5.89. The Morgan fingerprint density at radius 3 is 2.58 bits per heavy atom. The van der Waals surface area contributed by atoms with Crippen LogP contribution in [0.15, 0.2) is 42.5 Å². The maximum Gasteiger partial charge on any atom is 0.251 e. The maximum atomic E-state index is 12.5. The van der Waals surface area contributed by atoms with Crippen LogP contribution in [0.5, 0.6) is 5.75 Å². The summed E-state index contributed by atoms with van der Waals surface area (Å²) < 4.78 is 7.17. The summed E-state index contributed by atoms with van der Waals surface area (Å²) in [4.78, 5) is 17.0. The Bertz CT molecular complexity index is 882. The highest BCUT2D eigenvalue weighted by atomic mass is 16.5. The zero-order valence-corrected chi connectivity index (χ0v) is 14.3. The van der Waals surface area contributed by atoms with E-state index >= 15 is 0 Å². The van der Waals surface area contributed by atoms with E-state index in [1.54, 1.807) is 7.11 Å². The number of methoxy groups -OCH3 is 1. The van der Waals surface area contributed by atoms with Gasteiger partial charge < -0.3 is 14.6 Å². The Hall–Kier alpha value is -2.82. The number of imidazole rings is 1. The summed E-state index contributed by atoms with van der Waals surface area (Å²) >= 11 is 0. The van der Waals surface area contributed by atoms with Gasteiger partial charge in [0.25, 0.3) is 5.91 Å². The Morgan fingerprint density at radius 2 is 1.92 bits per heavy atom. The molecule has 1 unspecified atom stereocenters. The SMILES string of the molecule is COc1ccc(C(C)NC(=O)c2ccc3c(c2)nc(C)n3C)cc1. The van der Waals surface area contributed by atoms with Crippen LogP contribution in [0.4, 0.5) is 0 Å². The fourth-order valence-corrected chi connectivity index (χ4v) is 2.72. The molecule has 3 rings (SSSR count). The minimum atomic E-state index is -0.108. The largest absolute Gasteiger partial charge is 0.497 e. The predicted molar refractivity (Wildman–Crippen MR) is 94.3 cm³/mol. The van der Waals surface area contributed by atoms with E-state index in [9.17, 15) is 4.79 Å². The number of amides is 1. The number of aromatic nitrogens is 2. The molecule has 0 saturated carbocycles. The average Bonchev–Trinajstić information content (AvgIpc) is 2.88. The third kappa shape index (κ3) is 2.97. The number of rotatable bonds is 4. The molecule has 1 heterocycles. The van der Waals surface area contributed by atoms with E-state index in [4.69, 9.17) is 4.74 Å². The molecule has 0 saturated heterocycles. The highest BCUT2D eigenvalue weighted by Gasteiger charge is 2.13. The standard InChI is InChI=1S/C19H21N3O2/c1-12(14-5-8-16(24-4)9-6-14)20-19(23)15-7-10-18-17(11-15)21-13(2)22(18)3/h5-12H,1-4H3,(H,20,23). The molecule has 1 atom stereocenters. The molecule has 124 valence electrons. The number of hydrogen-bond donors (Lipinski definition) is 1. The van der Waals surface area contributed by atoms with Crippen molar-refractivity contribution in [2.75, 3.05) is 7.11 Å². The van der Waals surface area contributed by atoms with E-state index in [1.165, 1.54) is 0 Å². The molecule has 0 bridgehead atoms. The van der Waals surface area contributed by atoms with E-state index in [0.717, 1.165) is 28.2 Å². The third-order valence-electron chi connectivity index (χ3n) is 4.33. The third-order valence-corrected chi connectivity index (χ3v) is 4.33. The van der Waals surface area contributed by atoms with Gasteiger partial charge in [-0.1, -0.05) is 12.1 Å². The zero-order valence-electron chi connectivity index (χ0n) is 14.3. The molecule has 5 heteroatoms. The van der Waals surface area contributed by atoms with Crippen LogP contribution in [0.1, 0.15) is 34.7 Å². The van der Waals surface area contributed by atoms with Crippen molar-refractivity contribution in [3.05, 3.63) is 59.4 Å². The van der Waals surface area contributed by atoms with Gasteiger partial charge in [0.2, 0.25) is 0 Å². The first kappa shape index (κ1) is 16.1. The van der Waals surface area contributed by atoms with Crippen molar-refractivity contribution < 1.29 is 9.53 Å². The first-order valence-electron chi connectivity index (χ1n) is 7.87. The second-order valence-corrected chi connectivity index (χ2v) is 5.89. The molecule has 0 spiro atoms. The summed E-state index contributed by atoms with van der Waals surface area (Å²) in [5.74, 6) is 1.62. The Balaban J connectivity index is 1.78. The van der Waals surface area contributed by atoms with E-state index in [2.05, 4.69) is 10.3 Å². The summed E-state index contributed by atoms with van der Waals surface area (Å²) in [7, 11) is 3.60. The van der Waals surface area contributed by atoms with Gasteiger partial charge >= 0.3 is 0 Å². The van der Waals surface area contributed by atoms with Gasteiger partial charge in [-0.3, -0.25) is 4.79 Å². The molecular weight excluding hydrogens is 302 g/mol. The normalized spacial score (nSPS) is 12.2. The van der Waals surface area contributed by atoms with Gasteiger partial charge in [0.1, 0.15) is 11.6 Å². The lowest BCUT2D eigenvalue weighted by molar-refractivity contribution is 0.0940. The predicted octanol–water partition coefficient (Wildman–Crippen LogP) is 3.38. The molecule has 24 heavy (non-hydrogen) atoms. The number of ether oxygens (including phenoxy) is 1. The van der Waals surface area contributed by atoms with Crippen LogP contribution in [0.3, 0.4) is 0 Å². The molecule has 1 aromatic heterocycles. The summed E-state index contributed by atoms with van der Waals surface area (Å²) in [6.45, 7) is 3.91. The highest BCUT2D eigenvalue weighted by Crippen LogP contribution is 2.19. The lowest BCUT2D eigenvalue weighted by Crippen LogP contribution is -2.26. The van der Waals surface area contributed by atoms with Gasteiger partial charge in [-0.2, -0.15) is 0 Å². The monoisotopic (exact) mass is 323 g/mol. The van der Waals surface area contributed by atoms with Crippen LogP contribution >= 0.6 is 0 Å². The highest BCUT2D eigenvalue weighted by molar-refractivity contribution is 5.97. The Labute approximate surface area is 141 Å². The van der Waals surface area contributed by atoms with Gasteiger partial charge in [0, 0.05) is 12.6 Å². The van der Waals surface area contributed by atoms with Gasteiger partial charge in [0.05, 0.1) is 24.2 Å². The lowest BCUT2D eigenvalue weighted by Gasteiger charge is -2.15. The second kappa shape index (κ2) is 6.35. The van der Waals surface area contributed by atoms with E-state index in [-0.39, 0.29) is 11.9 Å². The van der Waals surface area contributed by atoms with Gasteiger partial charge in [-0.15, -0.1) is 0 Å². The van der Waals surface area contributed by atoms with Crippen LogP contribution in [0.25, 0.3) is 11.0 Å². The van der Waals surface area contributed by atoms with Crippen molar-refractivity contribution in [2.45, 2.75) is 19.9 Å². The number of aryl methyl sites for hydroxylation is 2. The van der Waals surface area contributed by atoms with Crippen LogP contribution in [0, 0.1) is 6.92 Å². The Kier molecular flexibility index (Phi) is 4.25. The van der Waals surface area contributed by atoms with Crippen LogP contribution in [0.2, 0.25) is 0 Å². The molecule has 0 radical (unpaired) electrons. The van der Waals surface area contributed by atoms with Crippen molar-refractivity contribution >= 4 is 16.9 Å². The van der Waals surface area contributed by atoms with Crippen molar-refractivity contribution in [3.63, 3.8) is 0 Å². The van der Waals surface area contributed by atoms with Crippen LogP contribution in [-0.4, -0.2) is 22.6 Å². The fourth-order valence-electron chi connectivity index (χ4n) is 2.72.